The molecule has 0 fully saturated rings. The smallest absolute Gasteiger partial charge is 0.329 e. The number of ether oxygens (including phenoxy) is 1. The Kier molecular flexibility index (Phi) is 4.53. The van der Waals surface area contributed by atoms with Gasteiger partial charge in [-0.3, -0.25) is 4.79 Å². The van der Waals surface area contributed by atoms with E-state index < -0.39 is 42.4 Å². The molecule has 2 N–H and O–H groups in total. The Bertz CT molecular complexity index is 416. The topological polar surface area (TPSA) is 75.6 Å². The van der Waals surface area contributed by atoms with E-state index in [-0.39, 0.29) is 0 Å². The molecule has 0 unspecified atom stereocenters. The highest BCUT2D eigenvalue weighted by atomic mass is 19.1. The predicted octanol–water partition coefficient (Wildman–Crippen LogP) is 1.00. The molecule has 1 amide bonds. The molecule has 92 valence electrons. The lowest BCUT2D eigenvalue weighted by molar-refractivity contribution is -0.143. The lowest BCUT2D eigenvalue weighted by Crippen LogP contribution is -2.21. The number of hydrogen-bond donors (Lipinski definition) is 2. The van der Waals surface area contributed by atoms with Crippen LogP contribution < -0.4 is 5.32 Å². The zero-order valence-electron chi connectivity index (χ0n) is 8.57. The van der Waals surface area contributed by atoms with Gasteiger partial charge in [0.15, 0.2) is 0 Å². The lowest BCUT2D eigenvalue weighted by Gasteiger charge is -2.07. The van der Waals surface area contributed by atoms with Crippen LogP contribution >= 0.6 is 0 Å². The van der Waals surface area contributed by atoms with Gasteiger partial charge in [-0.25, -0.2) is 13.6 Å². The average molecular weight is 245 g/mol. The summed E-state index contributed by atoms with van der Waals surface area (Å²) in [6.07, 6.45) is 0. The fourth-order valence-corrected chi connectivity index (χ4v) is 1.02. The molecule has 0 saturated heterocycles. The molecule has 1 rings (SSSR count). The van der Waals surface area contributed by atoms with E-state index in [0.717, 1.165) is 18.2 Å². The van der Waals surface area contributed by atoms with Crippen LogP contribution in [-0.2, 0) is 14.3 Å². The van der Waals surface area contributed by atoms with Crippen LogP contribution in [0.25, 0.3) is 0 Å². The first-order chi connectivity index (χ1) is 8.00. The Labute approximate surface area is 95.0 Å². The zero-order valence-corrected chi connectivity index (χ0v) is 8.57. The SMILES string of the molecule is O=C(O)COCC(=O)Nc1c(F)cccc1F. The van der Waals surface area contributed by atoms with Crippen molar-refractivity contribution < 1.29 is 28.2 Å². The van der Waals surface area contributed by atoms with Crippen molar-refractivity contribution in [3.63, 3.8) is 0 Å². The highest BCUT2D eigenvalue weighted by Gasteiger charge is 2.12. The molecule has 0 aliphatic heterocycles. The number of anilines is 1. The van der Waals surface area contributed by atoms with Crippen LogP contribution in [0, 0.1) is 11.6 Å². The number of amides is 1. The summed E-state index contributed by atoms with van der Waals surface area (Å²) in [7, 11) is 0. The van der Waals surface area contributed by atoms with Crippen LogP contribution in [0.4, 0.5) is 14.5 Å². The number of carbonyl (C=O) groups is 2. The van der Waals surface area contributed by atoms with Gasteiger partial charge in [-0.15, -0.1) is 0 Å². The van der Waals surface area contributed by atoms with Gasteiger partial charge in [0.2, 0.25) is 0 Å². The Balaban J connectivity index is 2.53. The third kappa shape index (κ3) is 4.15. The molecular formula is C10H9F2NO4. The number of para-hydroxylation sites is 1. The Morgan fingerprint density at radius 3 is 2.35 bits per heavy atom. The van der Waals surface area contributed by atoms with Crippen molar-refractivity contribution in [3.05, 3.63) is 29.8 Å². The maximum Gasteiger partial charge on any atom is 0.329 e. The van der Waals surface area contributed by atoms with Gasteiger partial charge in [0.1, 0.15) is 30.5 Å². The summed E-state index contributed by atoms with van der Waals surface area (Å²) >= 11 is 0. The van der Waals surface area contributed by atoms with Gasteiger partial charge in [0.25, 0.3) is 5.91 Å². The van der Waals surface area contributed by atoms with Crippen molar-refractivity contribution in [2.24, 2.45) is 0 Å². The molecule has 0 radical (unpaired) electrons. The molecule has 1 aromatic carbocycles. The van der Waals surface area contributed by atoms with Gasteiger partial charge in [0, 0.05) is 0 Å². The van der Waals surface area contributed by atoms with E-state index in [1.807, 2.05) is 5.32 Å². The average Bonchev–Trinajstić information content (AvgIpc) is 2.23. The van der Waals surface area contributed by atoms with Crippen LogP contribution in [0.2, 0.25) is 0 Å². The Hall–Kier alpha value is -2.02. The van der Waals surface area contributed by atoms with Crippen LogP contribution in [0.5, 0.6) is 0 Å². The number of benzene rings is 1. The molecule has 5 nitrogen and oxygen atoms in total. The first-order valence-electron chi connectivity index (χ1n) is 4.54. The maximum absolute atomic E-state index is 13.1. The minimum atomic E-state index is -1.24. The molecule has 0 aromatic heterocycles. The van der Waals surface area contributed by atoms with E-state index in [0.29, 0.717) is 0 Å². The molecule has 17 heavy (non-hydrogen) atoms. The molecule has 1 aromatic rings. The molecule has 0 heterocycles. The van der Waals surface area contributed by atoms with Gasteiger partial charge < -0.3 is 15.2 Å². The van der Waals surface area contributed by atoms with Crippen molar-refractivity contribution in [3.8, 4) is 0 Å². The second-order valence-corrected chi connectivity index (χ2v) is 3.03. The number of carbonyl (C=O) groups excluding carboxylic acids is 1. The first kappa shape index (κ1) is 13.0. The van der Waals surface area contributed by atoms with E-state index in [1.165, 1.54) is 0 Å². The van der Waals surface area contributed by atoms with Crippen LogP contribution in [0.3, 0.4) is 0 Å². The van der Waals surface area contributed by atoms with Crippen LogP contribution in [0.15, 0.2) is 18.2 Å². The van der Waals surface area contributed by atoms with Gasteiger partial charge in [-0.05, 0) is 12.1 Å². The second-order valence-electron chi connectivity index (χ2n) is 3.03. The largest absolute Gasteiger partial charge is 0.480 e. The molecule has 0 aliphatic carbocycles. The standard InChI is InChI=1S/C10H9F2NO4/c11-6-2-1-3-7(12)10(6)13-8(14)4-17-5-9(15)16/h1-3H,4-5H2,(H,13,14)(H,15,16). The summed E-state index contributed by atoms with van der Waals surface area (Å²) < 4.78 is 30.6. The van der Waals surface area contributed by atoms with Crippen molar-refractivity contribution in [2.45, 2.75) is 0 Å². The van der Waals surface area contributed by atoms with Gasteiger partial charge in [-0.1, -0.05) is 6.07 Å². The molecule has 0 atom stereocenters. The zero-order chi connectivity index (χ0) is 12.8. The normalized spacial score (nSPS) is 10.0. The first-order valence-corrected chi connectivity index (χ1v) is 4.54. The minimum absolute atomic E-state index is 0.587. The van der Waals surface area contributed by atoms with Crippen LogP contribution in [0.1, 0.15) is 0 Å². The fourth-order valence-electron chi connectivity index (χ4n) is 1.02. The van der Waals surface area contributed by atoms with Crippen LogP contribution in [-0.4, -0.2) is 30.2 Å². The van der Waals surface area contributed by atoms with Crippen molar-refractivity contribution in [1.82, 2.24) is 0 Å². The highest BCUT2D eigenvalue weighted by Crippen LogP contribution is 2.17. The van der Waals surface area contributed by atoms with Gasteiger partial charge in [-0.2, -0.15) is 0 Å². The summed E-state index contributed by atoms with van der Waals surface area (Å²) in [5.74, 6) is -3.92. The minimum Gasteiger partial charge on any atom is -0.480 e. The molecule has 7 heteroatoms. The van der Waals surface area contributed by atoms with E-state index in [9.17, 15) is 18.4 Å². The predicted molar refractivity (Wildman–Crippen MR) is 53.4 cm³/mol. The number of hydrogen-bond acceptors (Lipinski definition) is 3. The van der Waals surface area contributed by atoms with E-state index in [1.54, 1.807) is 0 Å². The summed E-state index contributed by atoms with van der Waals surface area (Å²) in [5, 5.41) is 10.2. The summed E-state index contributed by atoms with van der Waals surface area (Å²) in [6, 6.07) is 3.12. The van der Waals surface area contributed by atoms with Crippen molar-refractivity contribution in [1.29, 1.82) is 0 Å². The molecule has 0 spiro atoms. The third-order valence-electron chi connectivity index (χ3n) is 1.69. The number of nitrogens with one attached hydrogen (secondary N) is 1. The monoisotopic (exact) mass is 245 g/mol. The second kappa shape index (κ2) is 5.90. The maximum atomic E-state index is 13.1. The quantitative estimate of drug-likeness (QED) is 0.811. The number of aliphatic carboxylic acids is 1. The molecule has 0 bridgehead atoms. The third-order valence-corrected chi connectivity index (χ3v) is 1.69. The van der Waals surface area contributed by atoms with E-state index in [2.05, 4.69) is 4.74 Å². The fraction of sp³-hybridized carbons (Fsp3) is 0.200. The Morgan fingerprint density at radius 1 is 1.24 bits per heavy atom. The highest BCUT2D eigenvalue weighted by molar-refractivity contribution is 5.92. The van der Waals surface area contributed by atoms with Crippen molar-refractivity contribution >= 4 is 17.6 Å². The number of carboxylic acids is 1. The van der Waals surface area contributed by atoms with Gasteiger partial charge in [0.05, 0.1) is 0 Å². The number of carboxylic acid groups (broad SMARTS) is 1. The summed E-state index contributed by atoms with van der Waals surface area (Å²) in [4.78, 5) is 21.2. The summed E-state index contributed by atoms with van der Waals surface area (Å²) in [5.41, 5.74) is -0.587. The summed E-state index contributed by atoms with van der Waals surface area (Å²) in [6.45, 7) is -1.26. The Morgan fingerprint density at radius 2 is 1.82 bits per heavy atom. The van der Waals surface area contributed by atoms with E-state index in [4.69, 9.17) is 5.11 Å². The number of halogens is 2. The van der Waals surface area contributed by atoms with Gasteiger partial charge >= 0.3 is 5.97 Å². The molecule has 0 saturated carbocycles. The molecular weight excluding hydrogens is 236 g/mol. The lowest BCUT2D eigenvalue weighted by atomic mass is 10.3. The van der Waals surface area contributed by atoms with E-state index >= 15 is 0 Å². The number of rotatable bonds is 5. The molecule has 0 aliphatic rings. The van der Waals surface area contributed by atoms with Crippen molar-refractivity contribution in [2.75, 3.05) is 18.5 Å².